The van der Waals surface area contributed by atoms with Gasteiger partial charge in [-0.2, -0.15) is 5.26 Å². The van der Waals surface area contributed by atoms with Gasteiger partial charge in [0.05, 0.1) is 4.92 Å². The number of hydrogen-bond donors (Lipinski definition) is 0. The Kier molecular flexibility index (Phi) is 7.05. The van der Waals surface area contributed by atoms with Gasteiger partial charge in [-0.3, -0.25) is 10.1 Å². The number of nitriles is 1. The van der Waals surface area contributed by atoms with E-state index < -0.39 is 4.92 Å². The van der Waals surface area contributed by atoms with Gasteiger partial charge in [0.15, 0.2) is 0 Å². The number of ether oxygens (including phenoxy) is 1. The standard InChI is InChI=1S/C31H21N3O4/c32-19-28-29(24-7-3-1-4-8-24)30(25-9-5-2-6-10-25)38-31(28)33-20-22-13-17-27(18-14-22)37-21-23-11-15-26(16-12-23)34(35)36/h1-18,20H,21H2/b33-20+. The third-order valence-corrected chi connectivity index (χ3v) is 5.86. The van der Waals surface area contributed by atoms with Gasteiger partial charge < -0.3 is 9.15 Å². The SMILES string of the molecule is N#Cc1c(/N=C/c2ccc(OCc3ccc([N+](=O)[O-])cc3)cc2)oc(-c2ccccc2)c1-c1ccccc1. The van der Waals surface area contributed by atoms with Crippen LogP contribution in [0.25, 0.3) is 22.5 Å². The van der Waals surface area contributed by atoms with Crippen molar-refractivity contribution in [3.05, 3.63) is 136 Å². The molecule has 0 atom stereocenters. The smallest absolute Gasteiger partial charge is 0.269 e. The highest BCUT2D eigenvalue weighted by molar-refractivity contribution is 5.89. The van der Waals surface area contributed by atoms with Crippen LogP contribution in [0.5, 0.6) is 5.75 Å². The van der Waals surface area contributed by atoms with Crippen molar-refractivity contribution in [3.63, 3.8) is 0 Å². The molecule has 0 saturated heterocycles. The summed E-state index contributed by atoms with van der Waals surface area (Å²) in [6.45, 7) is 0.286. The lowest BCUT2D eigenvalue weighted by molar-refractivity contribution is -0.384. The molecule has 7 heteroatoms. The number of aliphatic imine (C=N–C) groups is 1. The maximum atomic E-state index is 10.8. The molecule has 0 aliphatic rings. The van der Waals surface area contributed by atoms with Crippen LogP contribution in [-0.2, 0) is 6.61 Å². The number of benzene rings is 4. The van der Waals surface area contributed by atoms with Gasteiger partial charge in [0, 0.05) is 29.5 Å². The number of nitro benzene ring substituents is 1. The van der Waals surface area contributed by atoms with E-state index in [2.05, 4.69) is 11.1 Å². The second kappa shape index (κ2) is 11.1. The van der Waals surface area contributed by atoms with Crippen LogP contribution in [0.2, 0.25) is 0 Å². The molecule has 0 radical (unpaired) electrons. The minimum absolute atomic E-state index is 0.0419. The van der Waals surface area contributed by atoms with Crippen molar-refractivity contribution in [3.8, 4) is 34.3 Å². The molecule has 0 fully saturated rings. The first kappa shape index (κ1) is 24.2. The summed E-state index contributed by atoms with van der Waals surface area (Å²) >= 11 is 0. The highest BCUT2D eigenvalue weighted by Gasteiger charge is 2.22. The first-order chi connectivity index (χ1) is 18.6. The number of hydrogen-bond acceptors (Lipinski definition) is 6. The van der Waals surface area contributed by atoms with Gasteiger partial charge in [-0.1, -0.05) is 60.7 Å². The first-order valence-electron chi connectivity index (χ1n) is 11.8. The molecule has 0 aliphatic carbocycles. The number of non-ortho nitro benzene ring substituents is 1. The Labute approximate surface area is 219 Å². The van der Waals surface area contributed by atoms with E-state index in [1.165, 1.54) is 12.1 Å². The van der Waals surface area contributed by atoms with E-state index in [-0.39, 0.29) is 18.2 Å². The van der Waals surface area contributed by atoms with Crippen molar-refractivity contribution < 1.29 is 14.1 Å². The molecule has 5 rings (SSSR count). The van der Waals surface area contributed by atoms with Gasteiger partial charge in [0.2, 0.25) is 5.88 Å². The summed E-state index contributed by atoms with van der Waals surface area (Å²) in [5.74, 6) is 1.48. The Morgan fingerprint density at radius 1 is 0.868 bits per heavy atom. The molecular formula is C31H21N3O4. The van der Waals surface area contributed by atoms with E-state index >= 15 is 0 Å². The summed E-state index contributed by atoms with van der Waals surface area (Å²) in [7, 11) is 0. The molecule has 38 heavy (non-hydrogen) atoms. The van der Waals surface area contributed by atoms with Crippen LogP contribution >= 0.6 is 0 Å². The van der Waals surface area contributed by atoms with Gasteiger partial charge in [0.25, 0.3) is 5.69 Å². The molecular weight excluding hydrogens is 478 g/mol. The fourth-order valence-corrected chi connectivity index (χ4v) is 3.95. The predicted octanol–water partition coefficient (Wildman–Crippen LogP) is 7.72. The van der Waals surface area contributed by atoms with Crippen LogP contribution in [0.4, 0.5) is 11.6 Å². The lowest BCUT2D eigenvalue weighted by Gasteiger charge is -2.06. The molecule has 0 spiro atoms. The van der Waals surface area contributed by atoms with E-state index in [0.29, 0.717) is 22.6 Å². The lowest BCUT2D eigenvalue weighted by Crippen LogP contribution is -1.96. The van der Waals surface area contributed by atoms with Crippen LogP contribution < -0.4 is 4.74 Å². The number of nitrogens with zero attached hydrogens (tertiary/aromatic N) is 3. The molecule has 0 saturated carbocycles. The van der Waals surface area contributed by atoms with Gasteiger partial charge in [-0.15, -0.1) is 0 Å². The summed E-state index contributed by atoms with van der Waals surface area (Å²) in [5.41, 5.74) is 4.49. The van der Waals surface area contributed by atoms with Gasteiger partial charge >= 0.3 is 0 Å². The van der Waals surface area contributed by atoms with Crippen molar-refractivity contribution in [2.45, 2.75) is 6.61 Å². The molecule has 0 N–H and O–H groups in total. The normalized spacial score (nSPS) is 10.8. The van der Waals surface area contributed by atoms with E-state index in [1.807, 2.05) is 84.9 Å². The average molecular weight is 500 g/mol. The first-order valence-corrected chi connectivity index (χ1v) is 11.8. The molecule has 184 valence electrons. The Hall–Kier alpha value is -5.48. The minimum Gasteiger partial charge on any atom is -0.489 e. The van der Waals surface area contributed by atoms with Crippen molar-refractivity contribution in [1.82, 2.24) is 0 Å². The summed E-state index contributed by atoms with van der Waals surface area (Å²) < 4.78 is 11.9. The molecule has 0 unspecified atom stereocenters. The monoisotopic (exact) mass is 499 g/mol. The topological polar surface area (TPSA) is 102 Å². The predicted molar refractivity (Wildman–Crippen MR) is 145 cm³/mol. The van der Waals surface area contributed by atoms with Gasteiger partial charge in [-0.05, 0) is 53.1 Å². The zero-order chi connectivity index (χ0) is 26.3. The van der Waals surface area contributed by atoms with Crippen LogP contribution in [0.15, 0.2) is 119 Å². The Balaban J connectivity index is 1.36. The van der Waals surface area contributed by atoms with E-state index in [1.54, 1.807) is 18.3 Å². The molecule has 7 nitrogen and oxygen atoms in total. The molecule has 0 amide bonds. The molecule has 1 aromatic heterocycles. The van der Waals surface area contributed by atoms with Gasteiger partial charge in [0.1, 0.15) is 29.7 Å². The van der Waals surface area contributed by atoms with Gasteiger partial charge in [-0.25, -0.2) is 4.99 Å². The van der Waals surface area contributed by atoms with Crippen LogP contribution in [0, 0.1) is 21.4 Å². The lowest BCUT2D eigenvalue weighted by atomic mass is 9.98. The molecule has 1 heterocycles. The fourth-order valence-electron chi connectivity index (χ4n) is 3.95. The van der Waals surface area contributed by atoms with Crippen molar-refractivity contribution in [2.75, 3.05) is 0 Å². The molecule has 0 bridgehead atoms. The summed E-state index contributed by atoms with van der Waals surface area (Å²) in [6.07, 6.45) is 1.64. The maximum absolute atomic E-state index is 10.8. The van der Waals surface area contributed by atoms with Crippen molar-refractivity contribution in [1.29, 1.82) is 5.26 Å². The summed E-state index contributed by atoms with van der Waals surface area (Å²) in [6, 6.07) is 35.2. The minimum atomic E-state index is -0.432. The molecule has 0 aliphatic heterocycles. The summed E-state index contributed by atoms with van der Waals surface area (Å²) in [5, 5.41) is 20.8. The van der Waals surface area contributed by atoms with E-state index in [9.17, 15) is 15.4 Å². The highest BCUT2D eigenvalue weighted by atomic mass is 16.6. The quantitative estimate of drug-likeness (QED) is 0.124. The van der Waals surface area contributed by atoms with Crippen LogP contribution in [0.3, 0.4) is 0 Å². The Morgan fingerprint density at radius 3 is 2.11 bits per heavy atom. The second-order valence-electron chi connectivity index (χ2n) is 8.37. The average Bonchev–Trinajstić information content (AvgIpc) is 3.35. The van der Waals surface area contributed by atoms with Crippen molar-refractivity contribution >= 4 is 17.8 Å². The fraction of sp³-hybridized carbons (Fsp3) is 0.0323. The second-order valence-corrected chi connectivity index (χ2v) is 8.37. The molecule has 4 aromatic carbocycles. The Morgan fingerprint density at radius 2 is 1.50 bits per heavy atom. The third kappa shape index (κ3) is 5.35. The summed E-state index contributed by atoms with van der Waals surface area (Å²) in [4.78, 5) is 14.9. The zero-order valence-corrected chi connectivity index (χ0v) is 20.2. The van der Waals surface area contributed by atoms with Crippen LogP contribution in [0.1, 0.15) is 16.7 Å². The Bertz CT molecular complexity index is 1620. The van der Waals surface area contributed by atoms with Crippen molar-refractivity contribution in [2.24, 2.45) is 4.99 Å². The zero-order valence-electron chi connectivity index (χ0n) is 20.2. The number of furan rings is 1. The highest BCUT2D eigenvalue weighted by Crippen LogP contribution is 2.42. The largest absolute Gasteiger partial charge is 0.489 e. The van der Waals surface area contributed by atoms with E-state index in [4.69, 9.17) is 9.15 Å². The number of nitro groups is 1. The maximum Gasteiger partial charge on any atom is 0.269 e. The van der Waals surface area contributed by atoms with Crippen LogP contribution in [-0.4, -0.2) is 11.1 Å². The number of rotatable bonds is 8. The molecule has 5 aromatic rings. The van der Waals surface area contributed by atoms with E-state index in [0.717, 1.165) is 22.3 Å². The third-order valence-electron chi connectivity index (χ3n) is 5.86.